The second-order valence-corrected chi connectivity index (χ2v) is 35.0. The Bertz CT molecular complexity index is 5430. The predicted octanol–water partition coefficient (Wildman–Crippen LogP) is -6.51. The topological polar surface area (TPSA) is 756 Å². The zero-order valence-corrected chi connectivity index (χ0v) is 78.5. The van der Waals surface area contributed by atoms with Crippen LogP contribution in [-0.4, -0.2) is 329 Å². The number of nitrogens with zero attached hydrogens (tertiary/aromatic N) is 6. The fourth-order valence-electron chi connectivity index (χ4n) is 16.9. The van der Waals surface area contributed by atoms with Crippen LogP contribution in [-0.2, 0) is 131 Å². The third kappa shape index (κ3) is 31.2. The number of amides is 20. The van der Waals surface area contributed by atoms with E-state index in [0.29, 0.717) is 45.8 Å². The normalized spacial score (nSPS) is 24.2. The van der Waals surface area contributed by atoms with Crippen LogP contribution in [0.2, 0.25) is 0 Å². The van der Waals surface area contributed by atoms with Crippen molar-refractivity contribution in [3.8, 4) is 5.75 Å². The summed E-state index contributed by atoms with van der Waals surface area (Å²) in [6, 6.07) is -6.45. The molecule has 3 aromatic carbocycles. The van der Waals surface area contributed by atoms with Crippen molar-refractivity contribution in [1.82, 2.24) is 92.5 Å². The first kappa shape index (κ1) is 110. The van der Waals surface area contributed by atoms with Crippen molar-refractivity contribution in [2.75, 3.05) is 53.9 Å². The number of aliphatic hydroxyl groups excluding tert-OH is 1. The molecule has 15 atom stereocenters. The van der Waals surface area contributed by atoms with E-state index in [1.165, 1.54) is 62.2 Å². The van der Waals surface area contributed by atoms with Gasteiger partial charge in [-0.3, -0.25) is 105 Å². The third-order valence-electron chi connectivity index (χ3n) is 24.5. The average molecular weight is 1960 g/mol. The Kier molecular flexibility index (Phi) is 40.8. The molecule has 0 bridgehead atoms. The molecule has 760 valence electrons. The van der Waals surface area contributed by atoms with Crippen LogP contribution < -0.4 is 87.2 Å². The van der Waals surface area contributed by atoms with Gasteiger partial charge in [0.1, 0.15) is 96.9 Å². The summed E-state index contributed by atoms with van der Waals surface area (Å²) in [4.78, 5) is 321. The number of likely N-dealkylation sites (N-methyl/N-ethyl adjacent to an activating group) is 3. The number of phenolic OH excluding ortho intramolecular Hbond substituents is 1. The molecular weight excluding hydrogens is 1830 g/mol. The van der Waals surface area contributed by atoms with Crippen LogP contribution in [0.1, 0.15) is 147 Å². The summed E-state index contributed by atoms with van der Waals surface area (Å²) >= 11 is 0. The van der Waals surface area contributed by atoms with E-state index in [2.05, 4.69) is 63.5 Å². The molecule has 49 nitrogen and oxygen atoms in total. The third-order valence-corrected chi connectivity index (χ3v) is 24.5. The molecule has 140 heavy (non-hydrogen) atoms. The number of phenols is 1. The molecule has 3 saturated heterocycles. The second kappa shape index (κ2) is 51.8. The number of carbonyl (C=O) groups is 22. The Labute approximate surface area is 803 Å². The van der Waals surface area contributed by atoms with Crippen LogP contribution in [0.3, 0.4) is 0 Å². The van der Waals surface area contributed by atoms with Gasteiger partial charge in [-0.15, -0.1) is 0 Å². The Hall–Kier alpha value is -15.2. The van der Waals surface area contributed by atoms with Crippen molar-refractivity contribution in [3.05, 3.63) is 102 Å². The van der Waals surface area contributed by atoms with Crippen molar-refractivity contribution in [2.45, 2.75) is 246 Å². The van der Waals surface area contributed by atoms with E-state index in [1.807, 2.05) is 0 Å². The van der Waals surface area contributed by atoms with E-state index in [4.69, 9.17) is 28.7 Å². The van der Waals surface area contributed by atoms with Gasteiger partial charge in [0.25, 0.3) is 0 Å². The number of aromatic amines is 1. The molecule has 0 aliphatic carbocycles. The van der Waals surface area contributed by atoms with Gasteiger partial charge in [-0.25, -0.2) is 0 Å². The van der Waals surface area contributed by atoms with Crippen LogP contribution in [0.25, 0.3) is 21.8 Å². The van der Waals surface area contributed by atoms with Crippen molar-refractivity contribution >= 4 is 152 Å². The van der Waals surface area contributed by atoms with Crippen molar-refractivity contribution in [2.24, 2.45) is 28.7 Å². The Morgan fingerprint density at radius 3 is 1.61 bits per heavy atom. The number of carbonyl (C=O) groups excluding carboxylic acids is 20. The number of para-hydroxylation sites is 2. The van der Waals surface area contributed by atoms with Gasteiger partial charge in [-0.1, -0.05) is 88.1 Å². The van der Waals surface area contributed by atoms with E-state index in [-0.39, 0.29) is 62.8 Å². The number of aromatic hydroxyl groups is 1. The molecule has 3 aliphatic heterocycles. The maximum Gasteiger partial charge on any atom is 0.323 e. The maximum absolute atomic E-state index is 15.9. The average Bonchev–Trinajstić information content (AvgIpc) is 1.70. The summed E-state index contributed by atoms with van der Waals surface area (Å²) < 4.78 is 1.35. The van der Waals surface area contributed by atoms with Gasteiger partial charge >= 0.3 is 11.9 Å². The number of rotatable bonds is 30. The van der Waals surface area contributed by atoms with Gasteiger partial charge in [0.2, 0.25) is 118 Å². The molecule has 0 unspecified atom stereocenters. The minimum absolute atomic E-state index is 0.0686. The van der Waals surface area contributed by atoms with Crippen LogP contribution in [0.4, 0.5) is 0 Å². The first-order valence-electron chi connectivity index (χ1n) is 45.8. The van der Waals surface area contributed by atoms with Crippen LogP contribution in [0.15, 0.2) is 85.2 Å². The number of aliphatic hydroxyl groups is 1. The lowest BCUT2D eigenvalue weighted by atomic mass is 9.99. The molecule has 20 amide bonds. The number of fused-ring (bicyclic) bond motifs is 4. The quantitative estimate of drug-likeness (QED) is 0.0203. The highest BCUT2D eigenvalue weighted by Gasteiger charge is 2.47. The second-order valence-electron chi connectivity index (χ2n) is 35.0. The maximum atomic E-state index is 15.9. The minimum atomic E-state index is -2.09. The summed E-state index contributed by atoms with van der Waals surface area (Å²) in [5, 5.41) is 70.1. The number of nitrogens with two attached hydrogens (primary N) is 5. The smallest absolute Gasteiger partial charge is 0.323 e. The molecule has 26 N–H and O–H groups in total. The first-order chi connectivity index (χ1) is 66.3. The SMILES string of the molecule is CCCC[C@H]1C(=O)N(C)[C@@H](CCCC)C(=O)N[C@@H](CCC(=O)O)C(=O)N[C@H](C(=O)NCC(N)=O)CNCC(=O)N[C@@H](Cc2ccc(O)cc2)C(=O)N(C)[C@@H](C)C(=O)N[C@@H](CC(N)=O)C(=O)N2CCC[C@H]2C(=O)N[C@@H](CCC(N)=O)C(=O)N[C@@H](CCC(N)=O)C(=O)N2C[C@H](O)C[C@H]2C(=O)N[C@@H](Cc2c[nH]c3ccccc23)C(=O)N[C@@H](CC(N)=O)C(=O)N[C@@H](Cc2cn(CC(=O)O)c3ccccc23)C(=O)N1C. The van der Waals surface area contributed by atoms with Crippen LogP contribution >= 0.6 is 0 Å². The van der Waals surface area contributed by atoms with Gasteiger partial charge < -0.3 is 142 Å². The van der Waals surface area contributed by atoms with Gasteiger partial charge in [-0.05, 0) is 92.8 Å². The van der Waals surface area contributed by atoms with Gasteiger partial charge in [0.15, 0.2) is 0 Å². The number of hydrogen-bond acceptors (Lipinski definition) is 25. The summed E-state index contributed by atoms with van der Waals surface area (Å²) in [5.41, 5.74) is 29.8. The lowest BCUT2D eigenvalue weighted by molar-refractivity contribution is -0.149. The van der Waals surface area contributed by atoms with Crippen molar-refractivity contribution < 1.29 is 126 Å². The Balaban J connectivity index is 1.24. The number of H-pyrrole nitrogens is 1. The number of aromatic nitrogens is 2. The van der Waals surface area contributed by atoms with Gasteiger partial charge in [0, 0.05) is 120 Å². The largest absolute Gasteiger partial charge is 0.508 e. The zero-order chi connectivity index (χ0) is 103. The lowest BCUT2D eigenvalue weighted by Gasteiger charge is -2.36. The van der Waals surface area contributed by atoms with Crippen LogP contribution in [0, 0.1) is 0 Å². The molecule has 8 rings (SSSR count). The van der Waals surface area contributed by atoms with E-state index >= 15 is 33.6 Å². The molecular formula is C91H125N23O26. The summed E-state index contributed by atoms with van der Waals surface area (Å²) in [6.07, 6.45) is -5.84. The number of primary amides is 5. The zero-order valence-electron chi connectivity index (χ0n) is 78.5. The van der Waals surface area contributed by atoms with Crippen LogP contribution in [0.5, 0.6) is 5.75 Å². The molecule has 5 heterocycles. The number of aliphatic carboxylic acids is 2. The van der Waals surface area contributed by atoms with E-state index in [9.17, 15) is 92.3 Å². The molecule has 3 aliphatic rings. The first-order valence-corrected chi connectivity index (χ1v) is 45.8. The highest BCUT2D eigenvalue weighted by Crippen LogP contribution is 2.29. The van der Waals surface area contributed by atoms with Crippen molar-refractivity contribution in [3.63, 3.8) is 0 Å². The molecule has 3 fully saturated rings. The molecule has 2 aromatic heterocycles. The summed E-state index contributed by atoms with van der Waals surface area (Å²) in [7, 11) is 3.56. The Morgan fingerprint density at radius 2 is 0.986 bits per heavy atom. The number of benzene rings is 3. The standard InChI is InChI=1S/C91H125N23O26/c1-7-9-19-66-84(133)101-57(29-32-76(123)124)81(130)108-64(79(128)99-42-74(96)121)41-97-43-75(122)100-61(34-48-23-25-51(115)26-24-48)87(136)109(4)47(3)78(127)106-63(39-73(95)120)90(139)113-33-15-22-67(113)85(134)102-56(27-30-70(92)117)80(129)103-58(28-31-71(93)118)89(138)114-45-52(116)37-69(114)86(135)105-59(35-49-40-98-55-18-13-11-16-53(49)55)82(131)104-60(38-72(94)119)83(132)107-62(88(137)111(6)68(20-10-8-2)91(140)110(66)5)36-50-44-112(46-77(125)126)65-21-14-12-17-54(50)65/h11-14,16-18,21,23-26,40,44,47,52,56-64,66-69,97-98,115-116H,7-10,15,19-20,22,27-39,41-43,45-46H2,1-6H3,(H2,92,117)(H2,93,118)(H2,94,119)(H2,95,120)(H2,96,121)(H,99,128)(H,100,122)(H,101,133)(H,102,134)(H,103,129)(H,104,131)(H,105,135)(H,106,127)(H,107,132)(H,108,130)(H,123,124)(H,125,126)/t47-,52+,56-,57-,58-,59-,60-,61-,62-,63-,64-,66-,67-,68-,69-/m0/s1. The fraction of sp³-hybridized carbons (Fsp3) is 0.516. The number of nitrogens with one attached hydrogen (secondary N) is 12. The number of carboxylic acids is 2. The minimum Gasteiger partial charge on any atom is -0.508 e. The predicted molar refractivity (Wildman–Crippen MR) is 496 cm³/mol. The number of carboxylic acid groups (broad SMARTS) is 2. The molecule has 0 radical (unpaired) electrons. The molecule has 0 spiro atoms. The highest BCUT2D eigenvalue weighted by atomic mass is 16.4. The highest BCUT2D eigenvalue weighted by molar-refractivity contribution is 6.03. The molecule has 5 aromatic rings. The van der Waals surface area contributed by atoms with E-state index in [0.717, 1.165) is 31.5 Å². The Morgan fingerprint density at radius 1 is 0.471 bits per heavy atom. The molecule has 0 saturated carbocycles. The fourth-order valence-corrected chi connectivity index (χ4v) is 16.9. The molecule has 49 heteroatoms. The monoisotopic (exact) mass is 1960 g/mol. The van der Waals surface area contributed by atoms with Gasteiger partial charge in [-0.2, -0.15) is 0 Å². The number of unbranched alkanes of at least 4 members (excludes halogenated alkanes) is 2. The lowest BCUT2D eigenvalue weighted by Crippen LogP contribution is -2.61. The van der Waals surface area contributed by atoms with E-state index < -0.39 is 324 Å². The van der Waals surface area contributed by atoms with Crippen molar-refractivity contribution in [1.29, 1.82) is 0 Å². The van der Waals surface area contributed by atoms with Gasteiger partial charge in [0.05, 0.1) is 32.0 Å². The summed E-state index contributed by atoms with van der Waals surface area (Å²) in [5.74, 6) is -25.2. The summed E-state index contributed by atoms with van der Waals surface area (Å²) in [6.45, 7) is 0.816. The van der Waals surface area contributed by atoms with E-state index in [1.54, 1.807) is 62.4 Å². The number of hydrogen-bond donors (Lipinski definition) is 21.